The Morgan fingerprint density at radius 3 is 2.21 bits per heavy atom. The molecule has 0 bridgehead atoms. The molecule has 106 valence electrons. The molecule has 1 aromatic rings. The van der Waals surface area contributed by atoms with Crippen LogP contribution in [0.5, 0.6) is 0 Å². The van der Waals surface area contributed by atoms with Gasteiger partial charge in [-0.25, -0.2) is 0 Å². The van der Waals surface area contributed by atoms with Crippen molar-refractivity contribution in [1.82, 2.24) is 4.90 Å². The summed E-state index contributed by atoms with van der Waals surface area (Å²) in [5.41, 5.74) is 6.97. The first-order valence-corrected chi connectivity index (χ1v) is 7.23. The van der Waals surface area contributed by atoms with Gasteiger partial charge in [-0.05, 0) is 18.4 Å². The van der Waals surface area contributed by atoms with Crippen LogP contribution in [0.2, 0.25) is 0 Å². The highest BCUT2D eigenvalue weighted by Gasteiger charge is 2.22. The fourth-order valence-electron chi connectivity index (χ4n) is 2.23. The third-order valence-electron chi connectivity index (χ3n) is 3.75. The Hall–Kier alpha value is -1.35. The second kappa shape index (κ2) is 7.95. The Kier molecular flexibility index (Phi) is 6.57. The van der Waals surface area contributed by atoms with Crippen molar-refractivity contribution >= 4 is 5.91 Å². The van der Waals surface area contributed by atoms with Crippen LogP contribution in [-0.4, -0.2) is 23.9 Å². The number of hydrogen-bond donors (Lipinski definition) is 1. The molecule has 0 heterocycles. The molecule has 0 unspecified atom stereocenters. The highest BCUT2D eigenvalue weighted by molar-refractivity contribution is 5.83. The van der Waals surface area contributed by atoms with E-state index in [2.05, 4.69) is 13.8 Å². The van der Waals surface area contributed by atoms with Gasteiger partial charge in [-0.1, -0.05) is 57.0 Å². The lowest BCUT2D eigenvalue weighted by Gasteiger charge is -2.28. The first kappa shape index (κ1) is 15.7. The summed E-state index contributed by atoms with van der Waals surface area (Å²) in [7, 11) is 0. The molecule has 0 aliphatic rings. The number of amides is 1. The number of nitrogens with two attached hydrogens (primary N) is 1. The SMILES string of the molecule is CCC(CC)CN(CC)C(=O)[C@@H](N)c1ccccc1. The van der Waals surface area contributed by atoms with Gasteiger partial charge in [-0.15, -0.1) is 0 Å². The molecule has 1 amide bonds. The van der Waals surface area contributed by atoms with Crippen LogP contribution in [0.1, 0.15) is 45.2 Å². The molecule has 19 heavy (non-hydrogen) atoms. The minimum atomic E-state index is -0.546. The van der Waals surface area contributed by atoms with E-state index >= 15 is 0 Å². The number of carbonyl (C=O) groups is 1. The van der Waals surface area contributed by atoms with E-state index in [0.29, 0.717) is 5.92 Å². The minimum absolute atomic E-state index is 0.0283. The van der Waals surface area contributed by atoms with Crippen molar-refractivity contribution < 1.29 is 4.79 Å². The van der Waals surface area contributed by atoms with Crippen LogP contribution in [0.3, 0.4) is 0 Å². The van der Waals surface area contributed by atoms with E-state index in [9.17, 15) is 4.79 Å². The van der Waals surface area contributed by atoms with Crippen LogP contribution in [0.4, 0.5) is 0 Å². The van der Waals surface area contributed by atoms with Crippen molar-refractivity contribution in [3.05, 3.63) is 35.9 Å². The van der Waals surface area contributed by atoms with Crippen LogP contribution >= 0.6 is 0 Å². The van der Waals surface area contributed by atoms with Gasteiger partial charge in [-0.2, -0.15) is 0 Å². The van der Waals surface area contributed by atoms with E-state index in [-0.39, 0.29) is 5.91 Å². The summed E-state index contributed by atoms with van der Waals surface area (Å²) in [5.74, 6) is 0.590. The molecule has 0 saturated heterocycles. The molecule has 0 fully saturated rings. The zero-order valence-corrected chi connectivity index (χ0v) is 12.3. The third-order valence-corrected chi connectivity index (χ3v) is 3.75. The molecule has 3 nitrogen and oxygen atoms in total. The number of hydrogen-bond acceptors (Lipinski definition) is 2. The highest BCUT2D eigenvalue weighted by atomic mass is 16.2. The topological polar surface area (TPSA) is 46.3 Å². The smallest absolute Gasteiger partial charge is 0.244 e. The van der Waals surface area contributed by atoms with Crippen LogP contribution in [-0.2, 0) is 4.79 Å². The van der Waals surface area contributed by atoms with Gasteiger partial charge in [0.2, 0.25) is 5.91 Å². The van der Waals surface area contributed by atoms with Crippen molar-refractivity contribution in [3.63, 3.8) is 0 Å². The van der Waals surface area contributed by atoms with E-state index in [1.807, 2.05) is 42.2 Å². The van der Waals surface area contributed by atoms with E-state index in [0.717, 1.165) is 31.5 Å². The Labute approximate surface area is 116 Å². The zero-order chi connectivity index (χ0) is 14.3. The first-order chi connectivity index (χ1) is 9.13. The average molecular weight is 262 g/mol. The minimum Gasteiger partial charge on any atom is -0.341 e. The quantitative estimate of drug-likeness (QED) is 0.821. The first-order valence-electron chi connectivity index (χ1n) is 7.23. The lowest BCUT2D eigenvalue weighted by molar-refractivity contribution is -0.133. The number of rotatable bonds is 7. The molecular weight excluding hydrogens is 236 g/mol. The highest BCUT2D eigenvalue weighted by Crippen LogP contribution is 2.16. The lowest BCUT2D eigenvalue weighted by atomic mass is 10.0. The predicted molar refractivity (Wildman–Crippen MR) is 79.7 cm³/mol. The number of likely N-dealkylation sites (N-methyl/N-ethyl adjacent to an activating group) is 1. The van der Waals surface area contributed by atoms with Gasteiger partial charge >= 0.3 is 0 Å². The average Bonchev–Trinajstić information content (AvgIpc) is 2.48. The summed E-state index contributed by atoms with van der Waals surface area (Å²) in [6.07, 6.45) is 2.20. The molecule has 0 radical (unpaired) electrons. The van der Waals surface area contributed by atoms with Gasteiger partial charge in [0, 0.05) is 13.1 Å². The maximum atomic E-state index is 12.4. The molecular formula is C16H26N2O. The second-order valence-electron chi connectivity index (χ2n) is 4.95. The Morgan fingerprint density at radius 1 is 1.16 bits per heavy atom. The number of nitrogens with zero attached hydrogens (tertiary/aromatic N) is 1. The number of benzene rings is 1. The molecule has 3 heteroatoms. The molecule has 1 rings (SSSR count). The second-order valence-corrected chi connectivity index (χ2v) is 4.95. The fourth-order valence-corrected chi connectivity index (χ4v) is 2.23. The standard InChI is InChI=1S/C16H26N2O/c1-4-13(5-2)12-18(6-3)16(19)15(17)14-10-8-7-9-11-14/h7-11,13,15H,4-6,12,17H2,1-3H3/t15-/m0/s1. The molecule has 0 spiro atoms. The van der Waals surface area contributed by atoms with Crippen molar-refractivity contribution in [1.29, 1.82) is 0 Å². The van der Waals surface area contributed by atoms with Crippen LogP contribution in [0.25, 0.3) is 0 Å². The molecule has 0 saturated carbocycles. The summed E-state index contributed by atoms with van der Waals surface area (Å²) in [4.78, 5) is 14.3. The molecule has 1 atom stereocenters. The van der Waals surface area contributed by atoms with Crippen molar-refractivity contribution in [3.8, 4) is 0 Å². The summed E-state index contributed by atoms with van der Waals surface area (Å²) in [5, 5.41) is 0. The molecule has 2 N–H and O–H groups in total. The maximum absolute atomic E-state index is 12.4. The zero-order valence-electron chi connectivity index (χ0n) is 12.3. The fraction of sp³-hybridized carbons (Fsp3) is 0.562. The van der Waals surface area contributed by atoms with Crippen molar-refractivity contribution in [2.75, 3.05) is 13.1 Å². The van der Waals surface area contributed by atoms with E-state index in [1.54, 1.807) is 0 Å². The van der Waals surface area contributed by atoms with Gasteiger partial charge in [0.25, 0.3) is 0 Å². The van der Waals surface area contributed by atoms with Gasteiger partial charge < -0.3 is 10.6 Å². The van der Waals surface area contributed by atoms with E-state index in [1.165, 1.54) is 0 Å². The van der Waals surface area contributed by atoms with Gasteiger partial charge in [0.15, 0.2) is 0 Å². The maximum Gasteiger partial charge on any atom is 0.244 e. The summed E-state index contributed by atoms with van der Waals surface area (Å²) < 4.78 is 0. The molecule has 1 aromatic carbocycles. The van der Waals surface area contributed by atoms with Crippen LogP contribution < -0.4 is 5.73 Å². The Balaban J connectivity index is 2.73. The lowest BCUT2D eigenvalue weighted by Crippen LogP contribution is -2.41. The third kappa shape index (κ3) is 4.35. The monoisotopic (exact) mass is 262 g/mol. The molecule has 0 aliphatic heterocycles. The number of carbonyl (C=O) groups excluding carboxylic acids is 1. The largest absolute Gasteiger partial charge is 0.341 e. The van der Waals surface area contributed by atoms with E-state index in [4.69, 9.17) is 5.73 Å². The van der Waals surface area contributed by atoms with Crippen LogP contribution in [0.15, 0.2) is 30.3 Å². The summed E-state index contributed by atoms with van der Waals surface area (Å²) >= 11 is 0. The van der Waals surface area contributed by atoms with Crippen molar-refractivity contribution in [2.24, 2.45) is 11.7 Å². The van der Waals surface area contributed by atoms with Crippen LogP contribution in [0, 0.1) is 5.92 Å². The Morgan fingerprint density at radius 2 is 1.74 bits per heavy atom. The van der Waals surface area contributed by atoms with Gasteiger partial charge in [0.05, 0.1) is 0 Å². The van der Waals surface area contributed by atoms with Crippen molar-refractivity contribution in [2.45, 2.75) is 39.7 Å². The molecule has 0 aromatic heterocycles. The van der Waals surface area contributed by atoms with E-state index < -0.39 is 6.04 Å². The summed E-state index contributed by atoms with van der Waals surface area (Å²) in [6.45, 7) is 7.88. The van der Waals surface area contributed by atoms with Gasteiger partial charge in [0.1, 0.15) is 6.04 Å². The normalized spacial score (nSPS) is 12.5. The summed E-state index contributed by atoms with van der Waals surface area (Å²) in [6, 6.07) is 9.04. The van der Waals surface area contributed by atoms with Gasteiger partial charge in [-0.3, -0.25) is 4.79 Å². The molecule has 0 aliphatic carbocycles. The predicted octanol–water partition coefficient (Wildman–Crippen LogP) is 2.97. The Bertz CT molecular complexity index is 374.